The first kappa shape index (κ1) is 22.6. The van der Waals surface area contributed by atoms with E-state index >= 15 is 0 Å². The minimum atomic E-state index is -3.72. The molecule has 2 aromatic carbocycles. The van der Waals surface area contributed by atoms with Crippen molar-refractivity contribution in [3.05, 3.63) is 66.4 Å². The van der Waals surface area contributed by atoms with Gasteiger partial charge >= 0.3 is 0 Å². The largest absolute Gasteiger partial charge is 0.263 e. The average Bonchev–Trinajstić information content (AvgIpc) is 2.59. The topological polar surface area (TPSA) is 81.2 Å². The molecule has 9 heteroatoms. The first-order valence-corrected chi connectivity index (χ1v) is 12.8. The van der Waals surface area contributed by atoms with Gasteiger partial charge in [-0.25, -0.2) is 16.8 Å². The summed E-state index contributed by atoms with van der Waals surface area (Å²) in [6, 6.07) is 15.0. The van der Waals surface area contributed by atoms with Crippen LogP contribution in [0.5, 0.6) is 0 Å². The van der Waals surface area contributed by atoms with Crippen molar-refractivity contribution in [3.63, 3.8) is 0 Å². The highest BCUT2D eigenvalue weighted by Crippen LogP contribution is 2.25. The molecule has 1 heterocycles. The second kappa shape index (κ2) is 8.37. The Labute approximate surface area is 174 Å². The van der Waals surface area contributed by atoms with Crippen molar-refractivity contribution in [2.45, 2.75) is 36.0 Å². The highest BCUT2D eigenvalue weighted by molar-refractivity contribution is 8.14. The summed E-state index contributed by atoms with van der Waals surface area (Å²) in [6.07, 6.45) is 1.54. The normalized spacial score (nSPS) is 12.3. The van der Waals surface area contributed by atoms with Gasteiger partial charge in [0, 0.05) is 32.9 Å². The molecule has 0 N–H and O–H groups in total. The lowest BCUT2D eigenvalue weighted by atomic mass is 9.87. The quantitative estimate of drug-likeness (QED) is 0.499. The zero-order valence-electron chi connectivity index (χ0n) is 15.4. The van der Waals surface area contributed by atoms with Crippen LogP contribution in [-0.2, 0) is 23.5 Å². The zero-order chi connectivity index (χ0) is 21.2. The molecule has 0 radical (unpaired) electrons. The highest BCUT2D eigenvalue weighted by Gasteiger charge is 2.16. The van der Waals surface area contributed by atoms with E-state index in [0.29, 0.717) is 5.52 Å². The third-order valence-corrected chi connectivity index (χ3v) is 6.58. The Morgan fingerprint density at radius 2 is 1.36 bits per heavy atom. The fraction of sp³-hybridized carbons (Fsp3) is 0.211. The number of halogens is 2. The van der Waals surface area contributed by atoms with Crippen molar-refractivity contribution in [3.8, 4) is 0 Å². The van der Waals surface area contributed by atoms with E-state index in [1.54, 1.807) is 36.4 Å². The van der Waals surface area contributed by atoms with E-state index < -0.39 is 18.1 Å². The summed E-state index contributed by atoms with van der Waals surface area (Å²) >= 11 is 0. The van der Waals surface area contributed by atoms with Gasteiger partial charge in [-0.3, -0.25) is 4.98 Å². The van der Waals surface area contributed by atoms with Crippen LogP contribution in [0.15, 0.2) is 70.6 Å². The van der Waals surface area contributed by atoms with Crippen LogP contribution in [0.3, 0.4) is 0 Å². The number of benzene rings is 2. The molecule has 0 saturated carbocycles. The molecule has 3 rings (SSSR count). The number of fused-ring (bicyclic) bond motifs is 1. The van der Waals surface area contributed by atoms with Crippen LogP contribution in [0.4, 0.5) is 0 Å². The van der Waals surface area contributed by atoms with Crippen LogP contribution >= 0.6 is 21.4 Å². The average molecular weight is 460 g/mol. The Kier molecular flexibility index (Phi) is 6.76. The first-order valence-electron chi connectivity index (χ1n) is 8.14. The molecule has 3 aromatic rings. The maximum absolute atomic E-state index is 11.2. The van der Waals surface area contributed by atoms with Gasteiger partial charge in [0.2, 0.25) is 0 Å². The molecule has 0 atom stereocenters. The highest BCUT2D eigenvalue weighted by atomic mass is 35.7. The molecule has 150 valence electrons. The standard InChI is InChI=1S/C10H13ClO2S.C9H6ClNO2S/c1-10(2,3)8-4-6-9(7-5-8)14(11,12)13;10-14(12,13)8-5-1-3-7-4-2-6-11-9(7)8/h4-7H,1-3H3;1-6H. The predicted octanol–water partition coefficient (Wildman–Crippen LogP) is 5.07. The van der Waals surface area contributed by atoms with Crippen molar-refractivity contribution < 1.29 is 16.8 Å². The lowest BCUT2D eigenvalue weighted by Gasteiger charge is -2.18. The van der Waals surface area contributed by atoms with Crippen molar-refractivity contribution in [1.82, 2.24) is 4.98 Å². The molecule has 0 aliphatic rings. The second-order valence-electron chi connectivity index (χ2n) is 6.98. The molecule has 0 aliphatic carbocycles. The Morgan fingerprint density at radius 1 is 0.786 bits per heavy atom. The Hall–Kier alpha value is -1.67. The molecule has 0 bridgehead atoms. The minimum absolute atomic E-state index is 0.0224. The molecule has 0 fully saturated rings. The summed E-state index contributed by atoms with van der Waals surface area (Å²) in [5.41, 5.74) is 1.51. The third kappa shape index (κ3) is 5.91. The lowest BCUT2D eigenvalue weighted by Crippen LogP contribution is -2.10. The van der Waals surface area contributed by atoms with E-state index in [1.807, 2.05) is 0 Å². The van der Waals surface area contributed by atoms with Gasteiger partial charge in [-0.05, 0) is 35.2 Å². The summed E-state index contributed by atoms with van der Waals surface area (Å²) in [6.45, 7) is 6.20. The van der Waals surface area contributed by atoms with Gasteiger partial charge in [-0.1, -0.05) is 51.1 Å². The SMILES string of the molecule is CC(C)(C)c1ccc(S(=O)(=O)Cl)cc1.O=S(=O)(Cl)c1cccc2cccnc12. The third-order valence-electron chi connectivity index (χ3n) is 3.86. The number of nitrogens with zero attached hydrogens (tertiary/aromatic N) is 1. The van der Waals surface area contributed by atoms with Crippen LogP contribution in [0, 0.1) is 0 Å². The van der Waals surface area contributed by atoms with Crippen LogP contribution in [0.2, 0.25) is 0 Å². The number of aromatic nitrogens is 1. The first-order chi connectivity index (χ1) is 12.8. The van der Waals surface area contributed by atoms with Gasteiger partial charge in [0.15, 0.2) is 0 Å². The van der Waals surface area contributed by atoms with E-state index in [-0.39, 0.29) is 15.2 Å². The van der Waals surface area contributed by atoms with Crippen molar-refractivity contribution in [2.75, 3.05) is 0 Å². The molecule has 0 aliphatic heterocycles. The predicted molar refractivity (Wildman–Crippen MR) is 113 cm³/mol. The number of hydrogen-bond donors (Lipinski definition) is 0. The molecular formula is C19H19Cl2NO4S2. The second-order valence-corrected chi connectivity index (χ2v) is 12.1. The lowest BCUT2D eigenvalue weighted by molar-refractivity contribution is 0.588. The van der Waals surface area contributed by atoms with E-state index in [0.717, 1.165) is 10.9 Å². The summed E-state index contributed by atoms with van der Waals surface area (Å²) in [7, 11) is 3.15. The molecule has 0 amide bonds. The van der Waals surface area contributed by atoms with E-state index in [4.69, 9.17) is 21.4 Å². The fourth-order valence-electron chi connectivity index (χ4n) is 2.39. The van der Waals surface area contributed by atoms with Crippen molar-refractivity contribution in [1.29, 1.82) is 0 Å². The van der Waals surface area contributed by atoms with Gasteiger partial charge in [-0.2, -0.15) is 0 Å². The van der Waals surface area contributed by atoms with Gasteiger partial charge in [0.1, 0.15) is 4.90 Å². The Balaban J connectivity index is 0.000000200. The Bertz CT molecular complexity index is 1180. The maximum Gasteiger partial charge on any atom is 0.263 e. The summed E-state index contributed by atoms with van der Waals surface area (Å²) < 4.78 is 44.3. The Morgan fingerprint density at radius 3 is 1.86 bits per heavy atom. The van der Waals surface area contributed by atoms with Crippen molar-refractivity contribution in [2.24, 2.45) is 0 Å². The molecule has 1 aromatic heterocycles. The number of para-hydroxylation sites is 1. The monoisotopic (exact) mass is 459 g/mol. The fourth-order valence-corrected chi connectivity index (χ4v) is 4.18. The van der Waals surface area contributed by atoms with Gasteiger partial charge in [0.25, 0.3) is 18.1 Å². The molecule has 0 spiro atoms. The van der Waals surface area contributed by atoms with Gasteiger partial charge in [0.05, 0.1) is 10.4 Å². The van der Waals surface area contributed by atoms with Crippen LogP contribution in [0.25, 0.3) is 10.9 Å². The summed E-state index contributed by atoms with van der Waals surface area (Å²) in [5.74, 6) is 0. The zero-order valence-corrected chi connectivity index (χ0v) is 18.6. The van der Waals surface area contributed by atoms with Crippen molar-refractivity contribution >= 4 is 50.4 Å². The number of pyridine rings is 1. The maximum atomic E-state index is 11.2. The summed E-state index contributed by atoms with van der Waals surface area (Å²) in [4.78, 5) is 4.18. The summed E-state index contributed by atoms with van der Waals surface area (Å²) in [5, 5.41) is 0.759. The van der Waals surface area contributed by atoms with E-state index in [1.165, 1.54) is 24.4 Å². The van der Waals surface area contributed by atoms with E-state index in [2.05, 4.69) is 25.8 Å². The molecule has 5 nitrogen and oxygen atoms in total. The molecular weight excluding hydrogens is 441 g/mol. The molecule has 0 unspecified atom stereocenters. The smallest absolute Gasteiger partial charge is 0.255 e. The molecule has 28 heavy (non-hydrogen) atoms. The minimum Gasteiger partial charge on any atom is -0.255 e. The molecule has 0 saturated heterocycles. The van der Waals surface area contributed by atoms with Gasteiger partial charge < -0.3 is 0 Å². The number of hydrogen-bond acceptors (Lipinski definition) is 5. The van der Waals surface area contributed by atoms with Crippen LogP contribution in [-0.4, -0.2) is 21.8 Å². The number of rotatable bonds is 2. The van der Waals surface area contributed by atoms with Crippen LogP contribution < -0.4 is 0 Å². The van der Waals surface area contributed by atoms with E-state index in [9.17, 15) is 16.8 Å². The van der Waals surface area contributed by atoms with Crippen LogP contribution in [0.1, 0.15) is 26.3 Å². The van der Waals surface area contributed by atoms with Gasteiger partial charge in [-0.15, -0.1) is 0 Å².